The van der Waals surface area contributed by atoms with E-state index in [9.17, 15) is 9.90 Å². The summed E-state index contributed by atoms with van der Waals surface area (Å²) < 4.78 is 11.0. The Bertz CT molecular complexity index is 697. The lowest BCUT2D eigenvalue weighted by molar-refractivity contribution is 0.0675. The third-order valence-corrected chi connectivity index (χ3v) is 4.28. The van der Waals surface area contributed by atoms with Gasteiger partial charge in [-0.1, -0.05) is 0 Å². The molecule has 0 radical (unpaired) electrons. The van der Waals surface area contributed by atoms with Crippen molar-refractivity contribution < 1.29 is 19.1 Å². The second kappa shape index (κ2) is 7.68. The molecule has 1 aliphatic rings. The first-order valence-electron chi connectivity index (χ1n) is 8.46. The molecule has 6 nitrogen and oxygen atoms in total. The Kier molecular flexibility index (Phi) is 5.37. The van der Waals surface area contributed by atoms with Crippen molar-refractivity contribution in [3.8, 4) is 5.75 Å². The Morgan fingerprint density at radius 3 is 3.21 bits per heavy atom. The highest BCUT2D eigenvalue weighted by Gasteiger charge is 2.16. The highest BCUT2D eigenvalue weighted by atomic mass is 16.5. The molecule has 2 heterocycles. The van der Waals surface area contributed by atoms with E-state index in [1.807, 2.05) is 0 Å². The first-order chi connectivity index (χ1) is 11.6. The third kappa shape index (κ3) is 4.07. The van der Waals surface area contributed by atoms with Crippen LogP contribution in [0.25, 0.3) is 11.0 Å². The van der Waals surface area contributed by atoms with Crippen LogP contribution in [-0.4, -0.2) is 54.8 Å². The zero-order valence-corrected chi connectivity index (χ0v) is 14.0. The molecule has 1 atom stereocenters. The second-order valence-electron chi connectivity index (χ2n) is 6.27. The van der Waals surface area contributed by atoms with Crippen molar-refractivity contribution in [2.45, 2.75) is 25.9 Å². The summed E-state index contributed by atoms with van der Waals surface area (Å²) in [6.45, 7) is 6.50. The van der Waals surface area contributed by atoms with Crippen LogP contribution in [0.3, 0.4) is 0 Å². The number of carbonyl (C=O) groups is 1. The van der Waals surface area contributed by atoms with Crippen LogP contribution in [0.2, 0.25) is 0 Å². The van der Waals surface area contributed by atoms with E-state index in [1.54, 1.807) is 12.1 Å². The maximum absolute atomic E-state index is 12.3. The standard InChI is InChI=1S/C18H24N2O4/c1-13-11-20(8-3-9-23-13)7-2-6-19-18(22)16-12-24-17-10-14(21)4-5-15(16)17/h4-5,10,12-13,21H,2-3,6-9,11H2,1H3,(H,19,22). The molecule has 24 heavy (non-hydrogen) atoms. The summed E-state index contributed by atoms with van der Waals surface area (Å²) in [6.07, 6.45) is 3.67. The van der Waals surface area contributed by atoms with E-state index in [0.29, 0.717) is 23.1 Å². The molecule has 3 rings (SSSR count). The van der Waals surface area contributed by atoms with Gasteiger partial charge in [-0.15, -0.1) is 0 Å². The van der Waals surface area contributed by atoms with Crippen molar-refractivity contribution in [1.82, 2.24) is 10.2 Å². The van der Waals surface area contributed by atoms with Crippen molar-refractivity contribution in [1.29, 1.82) is 0 Å². The number of rotatable bonds is 5. The number of carbonyl (C=O) groups excluding carboxylic acids is 1. The van der Waals surface area contributed by atoms with Crippen LogP contribution in [0.15, 0.2) is 28.9 Å². The molecule has 0 aliphatic carbocycles. The van der Waals surface area contributed by atoms with Gasteiger partial charge < -0.3 is 24.5 Å². The van der Waals surface area contributed by atoms with Crippen LogP contribution >= 0.6 is 0 Å². The number of aromatic hydroxyl groups is 1. The van der Waals surface area contributed by atoms with Gasteiger partial charge in [-0.05, 0) is 38.4 Å². The predicted molar refractivity (Wildman–Crippen MR) is 91.3 cm³/mol. The average molecular weight is 332 g/mol. The SMILES string of the molecule is CC1CN(CCCNC(=O)c2coc3cc(O)ccc23)CCCO1. The summed E-state index contributed by atoms with van der Waals surface area (Å²) in [7, 11) is 0. The van der Waals surface area contributed by atoms with Gasteiger partial charge in [0.05, 0.1) is 11.7 Å². The normalized spacial score (nSPS) is 19.3. The van der Waals surface area contributed by atoms with E-state index < -0.39 is 0 Å². The quantitative estimate of drug-likeness (QED) is 0.822. The zero-order valence-electron chi connectivity index (χ0n) is 14.0. The number of benzene rings is 1. The molecule has 1 saturated heterocycles. The maximum atomic E-state index is 12.3. The average Bonchev–Trinajstić information content (AvgIpc) is 2.86. The summed E-state index contributed by atoms with van der Waals surface area (Å²) >= 11 is 0. The van der Waals surface area contributed by atoms with Crippen LogP contribution < -0.4 is 5.32 Å². The van der Waals surface area contributed by atoms with Gasteiger partial charge in [-0.2, -0.15) is 0 Å². The minimum atomic E-state index is -0.146. The van der Waals surface area contributed by atoms with Crippen molar-refractivity contribution >= 4 is 16.9 Å². The van der Waals surface area contributed by atoms with Gasteiger partial charge in [0.1, 0.15) is 17.6 Å². The molecule has 1 aliphatic heterocycles. The molecule has 0 saturated carbocycles. The second-order valence-corrected chi connectivity index (χ2v) is 6.27. The molecule has 2 aromatic rings. The molecule has 1 aromatic carbocycles. The minimum absolute atomic E-state index is 0.125. The van der Waals surface area contributed by atoms with Gasteiger partial charge >= 0.3 is 0 Å². The zero-order chi connectivity index (χ0) is 16.9. The molecule has 1 fully saturated rings. The number of nitrogens with one attached hydrogen (secondary N) is 1. The lowest BCUT2D eigenvalue weighted by atomic mass is 10.1. The summed E-state index contributed by atoms with van der Waals surface area (Å²) in [6, 6.07) is 4.76. The Morgan fingerprint density at radius 1 is 1.46 bits per heavy atom. The maximum Gasteiger partial charge on any atom is 0.255 e. The number of furan rings is 1. The number of phenols is 1. The summed E-state index contributed by atoms with van der Waals surface area (Å²) in [5.74, 6) is -0.0218. The van der Waals surface area contributed by atoms with Gasteiger partial charge in [-0.3, -0.25) is 4.79 Å². The predicted octanol–water partition coefficient (Wildman–Crippen LogP) is 2.37. The number of fused-ring (bicyclic) bond motifs is 1. The number of hydrogen-bond donors (Lipinski definition) is 2. The Hall–Kier alpha value is -2.05. The van der Waals surface area contributed by atoms with E-state index in [0.717, 1.165) is 39.1 Å². The van der Waals surface area contributed by atoms with E-state index in [4.69, 9.17) is 9.15 Å². The van der Waals surface area contributed by atoms with E-state index >= 15 is 0 Å². The van der Waals surface area contributed by atoms with Crippen molar-refractivity contribution in [3.63, 3.8) is 0 Å². The lowest BCUT2D eigenvalue weighted by Crippen LogP contribution is -2.33. The third-order valence-electron chi connectivity index (χ3n) is 4.28. The smallest absolute Gasteiger partial charge is 0.255 e. The van der Waals surface area contributed by atoms with Crippen LogP contribution in [0.1, 0.15) is 30.1 Å². The summed E-state index contributed by atoms with van der Waals surface area (Å²) in [5.41, 5.74) is 1.01. The van der Waals surface area contributed by atoms with Gasteiger partial charge in [0.15, 0.2) is 0 Å². The topological polar surface area (TPSA) is 74.9 Å². The summed E-state index contributed by atoms with van der Waals surface area (Å²) in [4.78, 5) is 14.7. The van der Waals surface area contributed by atoms with Gasteiger partial charge in [0.25, 0.3) is 5.91 Å². The number of phenolic OH excluding ortho intramolecular Hbond substituents is 1. The first kappa shape index (κ1) is 16.8. The fraction of sp³-hybridized carbons (Fsp3) is 0.500. The first-order valence-corrected chi connectivity index (χ1v) is 8.46. The monoisotopic (exact) mass is 332 g/mol. The van der Waals surface area contributed by atoms with Crippen LogP contribution in [-0.2, 0) is 4.74 Å². The highest BCUT2D eigenvalue weighted by molar-refractivity contribution is 6.06. The molecule has 1 unspecified atom stereocenters. The van der Waals surface area contributed by atoms with Crippen LogP contribution in [0, 0.1) is 0 Å². The molecule has 0 bridgehead atoms. The highest BCUT2D eigenvalue weighted by Crippen LogP contribution is 2.24. The lowest BCUT2D eigenvalue weighted by Gasteiger charge is -2.21. The minimum Gasteiger partial charge on any atom is -0.508 e. The molecule has 130 valence electrons. The Balaban J connectivity index is 1.48. The van der Waals surface area contributed by atoms with Crippen molar-refractivity contribution in [2.75, 3.05) is 32.8 Å². The fourth-order valence-electron chi connectivity index (χ4n) is 3.08. The molecule has 0 spiro atoms. The number of ether oxygens (including phenoxy) is 1. The van der Waals surface area contributed by atoms with Crippen LogP contribution in [0.5, 0.6) is 5.75 Å². The van der Waals surface area contributed by atoms with E-state index in [-0.39, 0.29) is 17.8 Å². The molecule has 2 N–H and O–H groups in total. The summed E-state index contributed by atoms with van der Waals surface area (Å²) in [5, 5.41) is 13.1. The van der Waals surface area contributed by atoms with Gasteiger partial charge in [-0.25, -0.2) is 0 Å². The Labute approximate surface area is 141 Å². The van der Waals surface area contributed by atoms with Gasteiger partial charge in [0.2, 0.25) is 0 Å². The van der Waals surface area contributed by atoms with Gasteiger partial charge in [0, 0.05) is 37.7 Å². The van der Waals surface area contributed by atoms with Crippen LogP contribution in [0.4, 0.5) is 0 Å². The van der Waals surface area contributed by atoms with Crippen molar-refractivity contribution in [3.05, 3.63) is 30.0 Å². The van der Waals surface area contributed by atoms with E-state index in [2.05, 4.69) is 17.1 Å². The fourth-order valence-corrected chi connectivity index (χ4v) is 3.08. The Morgan fingerprint density at radius 2 is 2.33 bits per heavy atom. The molecule has 1 amide bonds. The number of nitrogens with zero attached hydrogens (tertiary/aromatic N) is 1. The molecular weight excluding hydrogens is 308 g/mol. The molecule has 1 aromatic heterocycles. The number of hydrogen-bond acceptors (Lipinski definition) is 5. The largest absolute Gasteiger partial charge is 0.508 e. The van der Waals surface area contributed by atoms with Crippen molar-refractivity contribution in [2.24, 2.45) is 0 Å². The van der Waals surface area contributed by atoms with E-state index in [1.165, 1.54) is 12.3 Å². The molecular formula is C18H24N2O4. The number of amides is 1. The molecule has 6 heteroatoms.